The van der Waals surface area contributed by atoms with Gasteiger partial charge in [0.2, 0.25) is 0 Å². The third-order valence-corrected chi connectivity index (χ3v) is 5.30. The Morgan fingerprint density at radius 3 is 2.92 bits per heavy atom. The van der Waals surface area contributed by atoms with Crippen LogP contribution in [0, 0.1) is 17.2 Å². The molecule has 1 aromatic carbocycles. The van der Waals surface area contributed by atoms with Crippen LogP contribution < -0.4 is 0 Å². The van der Waals surface area contributed by atoms with Crippen LogP contribution in [0.25, 0.3) is 0 Å². The maximum Gasteiger partial charge on any atom is 0.113 e. The Morgan fingerprint density at radius 1 is 1.21 bits per heavy atom. The summed E-state index contributed by atoms with van der Waals surface area (Å²) in [6.07, 6.45) is 9.28. The summed E-state index contributed by atoms with van der Waals surface area (Å²) in [6, 6.07) is 10.3. The first kappa shape index (κ1) is 15.4. The minimum atomic E-state index is 0.516. The molecule has 124 valence electrons. The van der Waals surface area contributed by atoms with Gasteiger partial charge in [-0.2, -0.15) is 5.26 Å². The van der Waals surface area contributed by atoms with E-state index in [0.717, 1.165) is 43.2 Å². The van der Waals surface area contributed by atoms with E-state index in [-0.39, 0.29) is 0 Å². The third kappa shape index (κ3) is 3.37. The Bertz CT molecular complexity index is 738. The molecular formula is C20H24N4. The van der Waals surface area contributed by atoms with E-state index >= 15 is 0 Å². The van der Waals surface area contributed by atoms with Gasteiger partial charge >= 0.3 is 0 Å². The van der Waals surface area contributed by atoms with Gasteiger partial charge in [-0.3, -0.25) is 4.90 Å². The van der Waals surface area contributed by atoms with Gasteiger partial charge in [-0.1, -0.05) is 18.2 Å². The summed E-state index contributed by atoms with van der Waals surface area (Å²) in [4.78, 5) is 7.17. The number of hydrogen-bond acceptors (Lipinski definition) is 3. The molecule has 1 aliphatic carbocycles. The summed E-state index contributed by atoms with van der Waals surface area (Å²) >= 11 is 0. The predicted molar refractivity (Wildman–Crippen MR) is 93.4 cm³/mol. The molecule has 0 unspecified atom stereocenters. The highest BCUT2D eigenvalue weighted by Crippen LogP contribution is 2.33. The quantitative estimate of drug-likeness (QED) is 0.846. The van der Waals surface area contributed by atoms with E-state index < -0.39 is 0 Å². The van der Waals surface area contributed by atoms with Gasteiger partial charge in [0.25, 0.3) is 0 Å². The molecule has 1 aliphatic heterocycles. The Kier molecular flexibility index (Phi) is 4.36. The zero-order chi connectivity index (χ0) is 16.4. The fourth-order valence-corrected chi connectivity index (χ4v) is 3.83. The molecule has 1 aromatic heterocycles. The molecule has 4 rings (SSSR count). The summed E-state index contributed by atoms with van der Waals surface area (Å²) in [5, 5.41) is 9.29. The maximum atomic E-state index is 9.29. The average molecular weight is 320 g/mol. The van der Waals surface area contributed by atoms with Crippen molar-refractivity contribution in [2.24, 2.45) is 5.92 Å². The standard InChI is InChI=1S/C20H24N4/c21-12-17-4-1-2-5-18(17)14-23-10-3-6-19(15-23)20-22-9-11-24(20)13-16-7-8-16/h1-2,4-5,9,11,16,19H,3,6-8,10,13-15H2/t19-/m1/s1. The van der Waals surface area contributed by atoms with E-state index in [1.807, 2.05) is 24.4 Å². The van der Waals surface area contributed by atoms with Crippen molar-refractivity contribution in [1.29, 1.82) is 5.26 Å². The second kappa shape index (κ2) is 6.78. The molecule has 1 atom stereocenters. The van der Waals surface area contributed by atoms with E-state index in [0.29, 0.717) is 5.92 Å². The van der Waals surface area contributed by atoms with Crippen LogP contribution in [-0.2, 0) is 13.1 Å². The summed E-state index contributed by atoms with van der Waals surface area (Å²) in [6.45, 7) is 4.16. The number of nitrogens with zero attached hydrogens (tertiary/aromatic N) is 4. The van der Waals surface area contributed by atoms with Gasteiger partial charge in [0.05, 0.1) is 11.6 Å². The Morgan fingerprint density at radius 2 is 2.08 bits per heavy atom. The largest absolute Gasteiger partial charge is 0.334 e. The molecule has 4 heteroatoms. The van der Waals surface area contributed by atoms with Crippen molar-refractivity contribution < 1.29 is 0 Å². The summed E-state index contributed by atoms with van der Waals surface area (Å²) < 4.78 is 2.38. The smallest absolute Gasteiger partial charge is 0.113 e. The second-order valence-electron chi connectivity index (χ2n) is 7.22. The van der Waals surface area contributed by atoms with Crippen molar-refractivity contribution >= 4 is 0 Å². The zero-order valence-electron chi connectivity index (χ0n) is 14.1. The van der Waals surface area contributed by atoms with E-state index in [1.54, 1.807) is 0 Å². The highest BCUT2D eigenvalue weighted by Gasteiger charge is 2.27. The van der Waals surface area contributed by atoms with Crippen LogP contribution in [0.15, 0.2) is 36.7 Å². The van der Waals surface area contributed by atoms with Gasteiger partial charge in [0, 0.05) is 37.9 Å². The normalized spacial score (nSPS) is 21.5. The van der Waals surface area contributed by atoms with Crippen molar-refractivity contribution in [2.45, 2.75) is 44.7 Å². The van der Waals surface area contributed by atoms with Crippen molar-refractivity contribution in [2.75, 3.05) is 13.1 Å². The third-order valence-electron chi connectivity index (χ3n) is 5.30. The Labute approximate surface area is 143 Å². The van der Waals surface area contributed by atoms with E-state index in [4.69, 9.17) is 0 Å². The molecule has 1 saturated heterocycles. The van der Waals surface area contributed by atoms with Crippen molar-refractivity contribution in [3.8, 4) is 6.07 Å². The first-order chi connectivity index (χ1) is 11.8. The molecule has 2 fully saturated rings. The topological polar surface area (TPSA) is 44.9 Å². The minimum absolute atomic E-state index is 0.516. The number of likely N-dealkylation sites (tertiary alicyclic amines) is 1. The van der Waals surface area contributed by atoms with Crippen LogP contribution in [0.4, 0.5) is 0 Å². The zero-order valence-corrected chi connectivity index (χ0v) is 14.1. The van der Waals surface area contributed by atoms with E-state index in [2.05, 4.69) is 32.8 Å². The van der Waals surface area contributed by atoms with Crippen molar-refractivity contribution in [1.82, 2.24) is 14.5 Å². The number of nitriles is 1. The number of imidazole rings is 1. The van der Waals surface area contributed by atoms with E-state index in [1.165, 1.54) is 31.5 Å². The van der Waals surface area contributed by atoms with Gasteiger partial charge in [-0.15, -0.1) is 0 Å². The molecule has 0 amide bonds. The number of rotatable bonds is 5. The minimum Gasteiger partial charge on any atom is -0.334 e. The molecule has 2 heterocycles. The lowest BCUT2D eigenvalue weighted by Gasteiger charge is -2.33. The van der Waals surface area contributed by atoms with Crippen LogP contribution in [0.3, 0.4) is 0 Å². The lowest BCUT2D eigenvalue weighted by molar-refractivity contribution is 0.194. The van der Waals surface area contributed by atoms with Gasteiger partial charge in [0.15, 0.2) is 0 Å². The maximum absolute atomic E-state index is 9.29. The fraction of sp³-hybridized carbons (Fsp3) is 0.500. The van der Waals surface area contributed by atoms with Crippen LogP contribution in [-0.4, -0.2) is 27.5 Å². The number of aromatic nitrogens is 2. The average Bonchev–Trinajstić information content (AvgIpc) is 3.31. The van der Waals surface area contributed by atoms with Crippen molar-refractivity contribution in [3.63, 3.8) is 0 Å². The van der Waals surface area contributed by atoms with E-state index in [9.17, 15) is 5.26 Å². The number of piperidine rings is 1. The summed E-state index contributed by atoms with van der Waals surface area (Å²) in [5.74, 6) is 2.65. The first-order valence-corrected chi connectivity index (χ1v) is 9.05. The van der Waals surface area contributed by atoms with Crippen molar-refractivity contribution in [3.05, 3.63) is 53.6 Å². The molecule has 0 bridgehead atoms. The highest BCUT2D eigenvalue weighted by atomic mass is 15.1. The molecule has 1 saturated carbocycles. The molecule has 24 heavy (non-hydrogen) atoms. The summed E-state index contributed by atoms with van der Waals surface area (Å²) in [5.41, 5.74) is 1.94. The van der Waals surface area contributed by atoms with Gasteiger partial charge in [-0.05, 0) is 49.8 Å². The van der Waals surface area contributed by atoms with Crippen LogP contribution in [0.1, 0.15) is 48.6 Å². The van der Waals surface area contributed by atoms with Gasteiger partial charge in [-0.25, -0.2) is 4.98 Å². The van der Waals surface area contributed by atoms with Crippen LogP contribution in [0.5, 0.6) is 0 Å². The number of benzene rings is 1. The van der Waals surface area contributed by atoms with Gasteiger partial charge < -0.3 is 4.57 Å². The first-order valence-electron chi connectivity index (χ1n) is 9.05. The number of hydrogen-bond donors (Lipinski definition) is 0. The van der Waals surface area contributed by atoms with Gasteiger partial charge in [0.1, 0.15) is 5.82 Å². The Hall–Kier alpha value is -2.12. The SMILES string of the molecule is N#Cc1ccccc1CN1CCC[C@@H](c2nccn2CC2CC2)C1. The second-order valence-corrected chi connectivity index (χ2v) is 7.22. The molecule has 0 spiro atoms. The molecule has 2 aliphatic rings. The van der Waals surface area contributed by atoms with Crippen LogP contribution in [0.2, 0.25) is 0 Å². The molecule has 4 nitrogen and oxygen atoms in total. The predicted octanol–water partition coefficient (Wildman–Crippen LogP) is 3.54. The lowest BCUT2D eigenvalue weighted by Crippen LogP contribution is -2.35. The molecule has 2 aromatic rings. The fourth-order valence-electron chi connectivity index (χ4n) is 3.83. The lowest BCUT2D eigenvalue weighted by atomic mass is 9.96. The monoisotopic (exact) mass is 320 g/mol. The molecule has 0 N–H and O–H groups in total. The summed E-state index contributed by atoms with van der Waals surface area (Å²) in [7, 11) is 0. The highest BCUT2D eigenvalue weighted by molar-refractivity contribution is 5.37. The van der Waals surface area contributed by atoms with Crippen LogP contribution >= 0.6 is 0 Å². The molecule has 0 radical (unpaired) electrons. The Balaban J connectivity index is 1.46. The molecular weight excluding hydrogens is 296 g/mol.